The molecule has 1 saturated heterocycles. The normalized spacial score (nSPS) is 17.4. The molecular weight excluding hydrogens is 340 g/mol. The summed E-state index contributed by atoms with van der Waals surface area (Å²) in [4.78, 5) is 23.3. The molecule has 1 atom stereocenters. The number of rotatable bonds is 6. The Bertz CT molecular complexity index is 723. The average molecular weight is 361 g/mol. The minimum absolute atomic E-state index is 0.0424. The van der Waals surface area contributed by atoms with Gasteiger partial charge in [0.1, 0.15) is 18.0 Å². The Balaban J connectivity index is 1.70. The molecule has 0 saturated carbocycles. The summed E-state index contributed by atoms with van der Waals surface area (Å²) in [5, 5.41) is 12.6. The lowest BCUT2D eigenvalue weighted by Gasteiger charge is -2.33. The van der Waals surface area contributed by atoms with E-state index < -0.39 is 0 Å². The van der Waals surface area contributed by atoms with Gasteiger partial charge in [-0.3, -0.25) is 4.79 Å². The van der Waals surface area contributed by atoms with E-state index in [1.165, 1.54) is 6.33 Å². The second-order valence-electron chi connectivity index (χ2n) is 6.07. The van der Waals surface area contributed by atoms with E-state index in [0.29, 0.717) is 29.5 Å². The molecule has 25 heavy (non-hydrogen) atoms. The summed E-state index contributed by atoms with van der Waals surface area (Å²) in [7, 11) is 0. The minimum Gasteiger partial charge on any atom is -0.395 e. The van der Waals surface area contributed by atoms with Crippen molar-refractivity contribution in [1.82, 2.24) is 9.97 Å². The van der Waals surface area contributed by atoms with Crippen LogP contribution in [0.15, 0.2) is 36.7 Å². The number of aliphatic hydroxyl groups is 1. The van der Waals surface area contributed by atoms with Crippen LogP contribution in [-0.4, -0.2) is 47.1 Å². The molecule has 0 radical (unpaired) electrons. The molecule has 2 N–H and O–H groups in total. The monoisotopic (exact) mass is 360 g/mol. The molecule has 1 fully saturated rings. The quantitative estimate of drug-likeness (QED) is 0.771. The van der Waals surface area contributed by atoms with Crippen LogP contribution in [0.2, 0.25) is 5.02 Å². The lowest BCUT2D eigenvalue weighted by Crippen LogP contribution is -2.39. The third-order valence-electron chi connectivity index (χ3n) is 4.32. The minimum atomic E-state index is -0.0567. The number of carbonyl (C=O) groups is 1. The zero-order valence-corrected chi connectivity index (χ0v) is 14.6. The van der Waals surface area contributed by atoms with Crippen molar-refractivity contribution in [2.45, 2.75) is 12.8 Å². The molecule has 1 aliphatic heterocycles. The van der Waals surface area contributed by atoms with Crippen molar-refractivity contribution in [1.29, 1.82) is 0 Å². The van der Waals surface area contributed by atoms with Crippen LogP contribution in [-0.2, 0) is 0 Å². The molecular formula is C18H21ClN4O2. The maximum Gasteiger partial charge on any atom is 0.167 e. The van der Waals surface area contributed by atoms with E-state index in [0.717, 1.165) is 25.2 Å². The number of aromatic nitrogens is 2. The third-order valence-corrected chi connectivity index (χ3v) is 4.57. The van der Waals surface area contributed by atoms with E-state index in [1.54, 1.807) is 24.3 Å². The Morgan fingerprint density at radius 2 is 2.12 bits per heavy atom. The molecule has 3 rings (SSSR count). The molecule has 0 spiro atoms. The lowest BCUT2D eigenvalue weighted by atomic mass is 9.90. The summed E-state index contributed by atoms with van der Waals surface area (Å²) in [6.45, 7) is 1.98. The van der Waals surface area contributed by atoms with Crippen molar-refractivity contribution in [2.24, 2.45) is 5.92 Å². The number of anilines is 2. The molecule has 0 unspecified atom stereocenters. The fraction of sp³-hybridized carbons (Fsp3) is 0.389. The number of hydrogen-bond donors (Lipinski definition) is 2. The Hall–Kier alpha value is -2.18. The zero-order chi connectivity index (χ0) is 17.6. The molecule has 2 aromatic rings. The van der Waals surface area contributed by atoms with Crippen LogP contribution in [0, 0.1) is 5.92 Å². The summed E-state index contributed by atoms with van der Waals surface area (Å²) < 4.78 is 0. The first-order valence-corrected chi connectivity index (χ1v) is 8.76. The highest BCUT2D eigenvalue weighted by Crippen LogP contribution is 2.25. The molecule has 0 aliphatic carbocycles. The van der Waals surface area contributed by atoms with Gasteiger partial charge in [0, 0.05) is 42.2 Å². The largest absolute Gasteiger partial charge is 0.395 e. The number of Topliss-reactive ketones (excluding diaryl/α,β-unsaturated/α-hetero) is 1. The van der Waals surface area contributed by atoms with Crippen LogP contribution in [0.1, 0.15) is 23.2 Å². The van der Waals surface area contributed by atoms with Gasteiger partial charge >= 0.3 is 0 Å². The fourth-order valence-electron chi connectivity index (χ4n) is 3.05. The highest BCUT2D eigenvalue weighted by Gasteiger charge is 2.27. The number of nitrogens with one attached hydrogen (secondary N) is 1. The first kappa shape index (κ1) is 17.6. The van der Waals surface area contributed by atoms with Crippen molar-refractivity contribution in [2.75, 3.05) is 36.5 Å². The number of carbonyl (C=O) groups excluding carboxylic acids is 1. The van der Waals surface area contributed by atoms with Gasteiger partial charge in [0.2, 0.25) is 0 Å². The maximum absolute atomic E-state index is 12.8. The Kier molecular flexibility index (Phi) is 5.83. The highest BCUT2D eigenvalue weighted by atomic mass is 35.5. The van der Waals surface area contributed by atoms with Crippen LogP contribution in [0.25, 0.3) is 0 Å². The van der Waals surface area contributed by atoms with Gasteiger partial charge < -0.3 is 15.3 Å². The molecule has 1 aromatic heterocycles. The summed E-state index contributed by atoms with van der Waals surface area (Å²) in [6.07, 6.45) is 3.31. The van der Waals surface area contributed by atoms with Crippen molar-refractivity contribution >= 4 is 29.0 Å². The number of benzene rings is 1. The summed E-state index contributed by atoms with van der Waals surface area (Å²) >= 11 is 5.90. The highest BCUT2D eigenvalue weighted by molar-refractivity contribution is 6.30. The first-order valence-electron chi connectivity index (χ1n) is 8.39. The molecule has 0 bridgehead atoms. The Morgan fingerprint density at radius 3 is 2.88 bits per heavy atom. The third kappa shape index (κ3) is 4.46. The van der Waals surface area contributed by atoms with Crippen molar-refractivity contribution in [3.8, 4) is 0 Å². The number of ketones is 1. The standard InChI is InChI=1S/C18H21ClN4O2/c19-15-5-3-13(4-6-15)18(25)14-2-1-8-23(11-14)17-10-16(20-7-9-24)21-12-22-17/h3-6,10,12,14,24H,1-2,7-9,11H2,(H,20,21,22)/t14-/m0/s1. The fourth-order valence-corrected chi connectivity index (χ4v) is 3.18. The molecule has 6 nitrogen and oxygen atoms in total. The van der Waals surface area contributed by atoms with Gasteiger partial charge in [0.05, 0.1) is 6.61 Å². The van der Waals surface area contributed by atoms with E-state index in [1.807, 2.05) is 6.07 Å². The Labute approximate surface area is 151 Å². The van der Waals surface area contributed by atoms with E-state index in [4.69, 9.17) is 16.7 Å². The van der Waals surface area contributed by atoms with Gasteiger partial charge in [0.25, 0.3) is 0 Å². The van der Waals surface area contributed by atoms with Crippen molar-refractivity contribution < 1.29 is 9.90 Å². The maximum atomic E-state index is 12.8. The number of halogens is 1. The van der Waals surface area contributed by atoms with Crippen LogP contribution < -0.4 is 10.2 Å². The first-order chi connectivity index (χ1) is 12.2. The van der Waals surface area contributed by atoms with E-state index >= 15 is 0 Å². The van der Waals surface area contributed by atoms with Crippen molar-refractivity contribution in [3.63, 3.8) is 0 Å². The molecule has 2 heterocycles. The summed E-state index contributed by atoms with van der Waals surface area (Å²) in [6, 6.07) is 8.92. The number of piperidine rings is 1. The molecule has 0 amide bonds. The van der Waals surface area contributed by atoms with Gasteiger partial charge in [-0.1, -0.05) is 11.6 Å². The van der Waals surface area contributed by atoms with Gasteiger partial charge in [-0.15, -0.1) is 0 Å². The predicted octanol–water partition coefficient (Wildman–Crippen LogP) is 2.63. The molecule has 132 valence electrons. The smallest absolute Gasteiger partial charge is 0.167 e. The van der Waals surface area contributed by atoms with Crippen molar-refractivity contribution in [3.05, 3.63) is 47.2 Å². The number of nitrogens with zero attached hydrogens (tertiary/aromatic N) is 3. The average Bonchev–Trinajstić information content (AvgIpc) is 2.67. The lowest BCUT2D eigenvalue weighted by molar-refractivity contribution is 0.0907. The van der Waals surface area contributed by atoms with Gasteiger partial charge in [-0.05, 0) is 37.1 Å². The summed E-state index contributed by atoms with van der Waals surface area (Å²) in [5.74, 6) is 1.56. The van der Waals surface area contributed by atoms with Gasteiger partial charge in [-0.25, -0.2) is 9.97 Å². The van der Waals surface area contributed by atoms with Crippen LogP contribution >= 0.6 is 11.6 Å². The van der Waals surface area contributed by atoms with E-state index in [-0.39, 0.29) is 18.3 Å². The van der Waals surface area contributed by atoms with Gasteiger partial charge in [-0.2, -0.15) is 0 Å². The summed E-state index contributed by atoms with van der Waals surface area (Å²) in [5.41, 5.74) is 0.698. The van der Waals surface area contributed by atoms with Gasteiger partial charge in [0.15, 0.2) is 5.78 Å². The van der Waals surface area contributed by atoms with E-state index in [9.17, 15) is 4.79 Å². The number of aliphatic hydroxyl groups excluding tert-OH is 1. The Morgan fingerprint density at radius 1 is 1.32 bits per heavy atom. The SMILES string of the molecule is O=C(c1ccc(Cl)cc1)[C@H]1CCCN(c2cc(NCCO)ncn2)C1. The second kappa shape index (κ2) is 8.27. The topological polar surface area (TPSA) is 78.4 Å². The van der Waals surface area contributed by atoms with Crippen LogP contribution in [0.3, 0.4) is 0 Å². The zero-order valence-electron chi connectivity index (χ0n) is 13.9. The van der Waals surface area contributed by atoms with Crippen LogP contribution in [0.5, 0.6) is 0 Å². The molecule has 1 aliphatic rings. The molecule has 1 aromatic carbocycles. The number of hydrogen-bond acceptors (Lipinski definition) is 6. The second-order valence-corrected chi connectivity index (χ2v) is 6.50. The molecule has 7 heteroatoms. The van der Waals surface area contributed by atoms with Crippen LogP contribution in [0.4, 0.5) is 11.6 Å². The van der Waals surface area contributed by atoms with E-state index in [2.05, 4.69) is 20.2 Å². The predicted molar refractivity (Wildman–Crippen MR) is 98.3 cm³/mol.